The highest BCUT2D eigenvalue weighted by Gasteiger charge is 2.35. The third-order valence-electron chi connectivity index (χ3n) is 7.95. The molecule has 3 aromatic carbocycles. The fourth-order valence-electron chi connectivity index (χ4n) is 5.54. The molecule has 0 spiro atoms. The van der Waals surface area contributed by atoms with E-state index in [9.17, 15) is 18.0 Å². The maximum atomic E-state index is 14.4. The molecule has 1 atom stereocenters. The minimum Gasteiger partial charge on any atom is -0.497 e. The van der Waals surface area contributed by atoms with Crippen molar-refractivity contribution in [2.75, 3.05) is 31.3 Å². The van der Waals surface area contributed by atoms with E-state index in [-0.39, 0.29) is 36.4 Å². The first kappa shape index (κ1) is 34.4. The van der Waals surface area contributed by atoms with Gasteiger partial charge in [-0.05, 0) is 42.7 Å². The van der Waals surface area contributed by atoms with Crippen LogP contribution in [0.2, 0.25) is 10.0 Å². The Balaban J connectivity index is 1.78. The normalized spacial score (nSPS) is 14.3. The van der Waals surface area contributed by atoms with E-state index in [0.29, 0.717) is 21.4 Å². The van der Waals surface area contributed by atoms with Crippen molar-refractivity contribution in [3.05, 3.63) is 87.9 Å². The van der Waals surface area contributed by atoms with Gasteiger partial charge in [-0.15, -0.1) is 0 Å². The van der Waals surface area contributed by atoms with Crippen LogP contribution in [0.4, 0.5) is 5.69 Å². The van der Waals surface area contributed by atoms with Crippen LogP contribution in [0.1, 0.15) is 43.2 Å². The minimum atomic E-state index is -4.00. The molecule has 12 heteroatoms. The van der Waals surface area contributed by atoms with Gasteiger partial charge in [0.25, 0.3) is 0 Å². The van der Waals surface area contributed by atoms with Gasteiger partial charge in [-0.3, -0.25) is 13.9 Å². The van der Waals surface area contributed by atoms with Crippen LogP contribution in [0.3, 0.4) is 0 Å². The molecule has 0 radical (unpaired) electrons. The summed E-state index contributed by atoms with van der Waals surface area (Å²) in [5, 5.41) is 3.82. The van der Waals surface area contributed by atoms with Crippen molar-refractivity contribution >= 4 is 50.7 Å². The second-order valence-electron chi connectivity index (χ2n) is 11.1. The number of methoxy groups -OCH3 is 2. The lowest BCUT2D eigenvalue weighted by Gasteiger charge is -2.35. The van der Waals surface area contributed by atoms with Gasteiger partial charge in [0.1, 0.15) is 24.1 Å². The number of hydrogen-bond acceptors (Lipinski definition) is 6. The van der Waals surface area contributed by atoms with E-state index in [1.165, 1.54) is 31.3 Å². The summed E-state index contributed by atoms with van der Waals surface area (Å²) < 4.78 is 38.1. The van der Waals surface area contributed by atoms with Crippen LogP contribution >= 0.6 is 23.2 Å². The number of ether oxygens (including phenoxy) is 2. The van der Waals surface area contributed by atoms with E-state index in [1.807, 2.05) is 30.3 Å². The average Bonchev–Trinajstić information content (AvgIpc) is 3.02. The third-order valence-corrected chi connectivity index (χ3v) is 9.78. The molecule has 9 nitrogen and oxygen atoms in total. The highest BCUT2D eigenvalue weighted by Crippen LogP contribution is 2.34. The van der Waals surface area contributed by atoms with Gasteiger partial charge in [-0.25, -0.2) is 8.42 Å². The van der Waals surface area contributed by atoms with Crippen molar-refractivity contribution in [1.82, 2.24) is 10.2 Å². The fourth-order valence-corrected chi connectivity index (χ4v) is 6.91. The number of hydrogen-bond donors (Lipinski definition) is 1. The van der Waals surface area contributed by atoms with E-state index in [2.05, 4.69) is 5.32 Å². The zero-order valence-corrected chi connectivity index (χ0v) is 28.0. The maximum absolute atomic E-state index is 14.4. The topological polar surface area (TPSA) is 105 Å². The first-order chi connectivity index (χ1) is 21.5. The Bertz CT molecular complexity index is 1560. The number of halogens is 2. The van der Waals surface area contributed by atoms with Crippen LogP contribution in [0.25, 0.3) is 0 Å². The molecular weight excluding hydrogens is 637 g/mol. The molecule has 45 heavy (non-hydrogen) atoms. The first-order valence-electron chi connectivity index (χ1n) is 14.8. The molecule has 1 aliphatic rings. The molecule has 4 rings (SSSR count). The molecule has 0 aliphatic heterocycles. The summed E-state index contributed by atoms with van der Waals surface area (Å²) in [6.45, 7) is -0.726. The Morgan fingerprint density at radius 2 is 1.60 bits per heavy atom. The summed E-state index contributed by atoms with van der Waals surface area (Å²) in [6, 6.07) is 18.0. The zero-order valence-electron chi connectivity index (χ0n) is 25.7. The molecule has 242 valence electrons. The van der Waals surface area contributed by atoms with Crippen LogP contribution in [0.5, 0.6) is 11.5 Å². The molecule has 0 saturated heterocycles. The van der Waals surface area contributed by atoms with Crippen molar-refractivity contribution in [1.29, 1.82) is 0 Å². The average molecular weight is 677 g/mol. The van der Waals surface area contributed by atoms with E-state index in [4.69, 9.17) is 32.7 Å². The van der Waals surface area contributed by atoms with E-state index >= 15 is 0 Å². The van der Waals surface area contributed by atoms with Gasteiger partial charge >= 0.3 is 0 Å². The van der Waals surface area contributed by atoms with Gasteiger partial charge in [0, 0.05) is 40.7 Å². The molecule has 0 unspecified atom stereocenters. The molecule has 3 aromatic rings. The quantitative estimate of drug-likeness (QED) is 0.243. The number of sulfonamides is 1. The maximum Gasteiger partial charge on any atom is 0.244 e. The van der Waals surface area contributed by atoms with E-state index in [0.717, 1.165) is 48.2 Å². The monoisotopic (exact) mass is 675 g/mol. The number of amides is 2. The Morgan fingerprint density at radius 3 is 2.20 bits per heavy atom. The SMILES string of the molecule is COc1ccc(N(CC(=O)N(Cc2c(Cl)cccc2Cl)[C@@H](Cc2ccccc2)C(=O)NC2CCCCC2)S(C)(=O)=O)c(OC)c1. The first-order valence-corrected chi connectivity index (χ1v) is 17.4. The van der Waals surface area contributed by atoms with Crippen molar-refractivity contribution in [3.8, 4) is 11.5 Å². The summed E-state index contributed by atoms with van der Waals surface area (Å²) in [5.74, 6) is -0.291. The van der Waals surface area contributed by atoms with Crippen molar-refractivity contribution < 1.29 is 27.5 Å². The Labute approximate surface area is 275 Å². The van der Waals surface area contributed by atoms with Crippen LogP contribution in [-0.2, 0) is 32.6 Å². The number of carbonyl (C=O) groups excluding carboxylic acids is 2. The highest BCUT2D eigenvalue weighted by molar-refractivity contribution is 7.92. The lowest BCUT2D eigenvalue weighted by atomic mass is 9.94. The smallest absolute Gasteiger partial charge is 0.244 e. The number of carbonyl (C=O) groups is 2. The molecule has 1 fully saturated rings. The van der Waals surface area contributed by atoms with Gasteiger partial charge in [0.15, 0.2) is 0 Å². The van der Waals surface area contributed by atoms with Crippen LogP contribution in [-0.4, -0.2) is 64.2 Å². The molecular formula is C33H39Cl2N3O6S. The largest absolute Gasteiger partial charge is 0.497 e. The van der Waals surface area contributed by atoms with Gasteiger partial charge in [0.2, 0.25) is 21.8 Å². The highest BCUT2D eigenvalue weighted by atomic mass is 35.5. The molecule has 1 aliphatic carbocycles. The number of nitrogens with one attached hydrogen (secondary N) is 1. The second-order valence-corrected chi connectivity index (χ2v) is 13.8. The van der Waals surface area contributed by atoms with Gasteiger partial charge in [-0.1, -0.05) is 78.9 Å². The third kappa shape index (κ3) is 9.05. The number of benzene rings is 3. The Kier molecular flexibility index (Phi) is 12.0. The predicted molar refractivity (Wildman–Crippen MR) is 178 cm³/mol. The van der Waals surface area contributed by atoms with Crippen LogP contribution in [0, 0.1) is 0 Å². The second kappa shape index (κ2) is 15.7. The standard InChI is InChI=1S/C33H39Cl2N3O6S/c1-43-25-17-18-29(31(20-25)44-2)38(45(3,41)42)22-32(39)37(21-26-27(34)15-10-16-28(26)35)30(19-23-11-6-4-7-12-23)33(40)36-24-13-8-5-9-14-24/h4,6-7,10-12,15-18,20,24,30H,5,8-9,13-14,19,21-22H2,1-3H3,(H,36,40)/t30-/m0/s1. The number of rotatable bonds is 13. The molecule has 1 N–H and O–H groups in total. The predicted octanol–water partition coefficient (Wildman–Crippen LogP) is 5.87. The summed E-state index contributed by atoms with van der Waals surface area (Å²) in [5.41, 5.74) is 1.43. The summed E-state index contributed by atoms with van der Waals surface area (Å²) in [6.07, 6.45) is 6.05. The van der Waals surface area contributed by atoms with E-state index < -0.39 is 28.5 Å². The van der Waals surface area contributed by atoms with Crippen LogP contribution < -0.4 is 19.1 Å². The lowest BCUT2D eigenvalue weighted by Crippen LogP contribution is -2.55. The summed E-state index contributed by atoms with van der Waals surface area (Å²) in [4.78, 5) is 29.9. The Morgan fingerprint density at radius 1 is 0.933 bits per heavy atom. The Hall–Kier alpha value is -3.47. The number of nitrogens with zero attached hydrogens (tertiary/aromatic N) is 2. The summed E-state index contributed by atoms with van der Waals surface area (Å²) >= 11 is 13.1. The van der Waals surface area contributed by atoms with E-state index in [1.54, 1.807) is 24.3 Å². The van der Waals surface area contributed by atoms with Crippen molar-refractivity contribution in [2.24, 2.45) is 0 Å². The van der Waals surface area contributed by atoms with Crippen molar-refractivity contribution in [3.63, 3.8) is 0 Å². The lowest BCUT2D eigenvalue weighted by molar-refractivity contribution is -0.140. The van der Waals surface area contributed by atoms with Crippen molar-refractivity contribution in [2.45, 2.75) is 57.2 Å². The molecule has 2 amide bonds. The van der Waals surface area contributed by atoms with Gasteiger partial charge in [-0.2, -0.15) is 0 Å². The zero-order chi connectivity index (χ0) is 32.6. The molecule has 0 aromatic heterocycles. The van der Waals surface area contributed by atoms with Gasteiger partial charge in [0.05, 0.1) is 26.2 Å². The molecule has 0 bridgehead atoms. The summed E-state index contributed by atoms with van der Waals surface area (Å²) in [7, 11) is -1.12. The van der Waals surface area contributed by atoms with Gasteiger partial charge < -0.3 is 19.7 Å². The molecule has 0 heterocycles. The minimum absolute atomic E-state index is 0.0125. The number of anilines is 1. The van der Waals surface area contributed by atoms with Crippen LogP contribution in [0.15, 0.2) is 66.7 Å². The fraction of sp³-hybridized carbons (Fsp3) is 0.394. The molecule has 1 saturated carbocycles.